The molecule has 0 bridgehead atoms. The predicted molar refractivity (Wildman–Crippen MR) is 73.7 cm³/mol. The van der Waals surface area contributed by atoms with Crippen molar-refractivity contribution in [1.82, 2.24) is 4.90 Å². The number of hydrogen-bond donors (Lipinski definition) is 1. The van der Waals surface area contributed by atoms with Crippen molar-refractivity contribution in [3.05, 3.63) is 35.9 Å². The molecule has 0 aromatic heterocycles. The smallest absolute Gasteiger partial charge is 0.0180 e. The highest BCUT2D eigenvalue weighted by Crippen LogP contribution is 2.08. The lowest BCUT2D eigenvalue weighted by Crippen LogP contribution is -2.28. The van der Waals surface area contributed by atoms with E-state index in [9.17, 15) is 0 Å². The van der Waals surface area contributed by atoms with Crippen molar-refractivity contribution in [3.63, 3.8) is 0 Å². The molecule has 1 aromatic rings. The molecule has 0 radical (unpaired) electrons. The lowest BCUT2D eigenvalue weighted by atomic mass is 10.1. The van der Waals surface area contributed by atoms with E-state index in [0.29, 0.717) is 6.04 Å². The van der Waals surface area contributed by atoms with Crippen molar-refractivity contribution in [2.24, 2.45) is 5.73 Å². The van der Waals surface area contributed by atoms with Gasteiger partial charge in [-0.1, -0.05) is 30.3 Å². The van der Waals surface area contributed by atoms with Crippen LogP contribution in [0.3, 0.4) is 0 Å². The van der Waals surface area contributed by atoms with Gasteiger partial charge in [-0.3, -0.25) is 0 Å². The van der Waals surface area contributed by atoms with Gasteiger partial charge in [0.05, 0.1) is 0 Å². The molecule has 2 rings (SSSR count). The maximum Gasteiger partial charge on any atom is 0.0180 e. The van der Waals surface area contributed by atoms with Gasteiger partial charge < -0.3 is 10.6 Å². The SMILES string of the molecule is Cl.Cl.NC1CCN(CCc2ccccc2)C1. The summed E-state index contributed by atoms with van der Waals surface area (Å²) >= 11 is 0. The number of nitrogens with zero attached hydrogens (tertiary/aromatic N) is 1. The van der Waals surface area contributed by atoms with E-state index in [1.807, 2.05) is 0 Å². The Kier molecular flexibility index (Phi) is 7.77. The summed E-state index contributed by atoms with van der Waals surface area (Å²) in [5.41, 5.74) is 7.28. The summed E-state index contributed by atoms with van der Waals surface area (Å²) in [5, 5.41) is 0. The molecule has 1 unspecified atom stereocenters. The van der Waals surface area contributed by atoms with Gasteiger partial charge in [-0.25, -0.2) is 0 Å². The van der Waals surface area contributed by atoms with Crippen LogP contribution in [0.25, 0.3) is 0 Å². The molecule has 0 aliphatic carbocycles. The van der Waals surface area contributed by atoms with Gasteiger partial charge in [-0.2, -0.15) is 0 Å². The van der Waals surface area contributed by atoms with E-state index in [0.717, 1.165) is 25.9 Å². The molecular weight excluding hydrogens is 243 g/mol. The van der Waals surface area contributed by atoms with Gasteiger partial charge in [0, 0.05) is 19.1 Å². The van der Waals surface area contributed by atoms with Crippen molar-refractivity contribution >= 4 is 24.8 Å². The van der Waals surface area contributed by atoms with Gasteiger partial charge in [0.25, 0.3) is 0 Å². The van der Waals surface area contributed by atoms with Crippen LogP contribution < -0.4 is 5.73 Å². The molecule has 2 N–H and O–H groups in total. The van der Waals surface area contributed by atoms with Crippen molar-refractivity contribution < 1.29 is 0 Å². The number of rotatable bonds is 3. The highest BCUT2D eigenvalue weighted by atomic mass is 35.5. The molecule has 1 aliphatic heterocycles. The van der Waals surface area contributed by atoms with Crippen molar-refractivity contribution in [1.29, 1.82) is 0 Å². The summed E-state index contributed by atoms with van der Waals surface area (Å²) in [6.45, 7) is 3.40. The van der Waals surface area contributed by atoms with Crippen LogP contribution >= 0.6 is 24.8 Å². The summed E-state index contributed by atoms with van der Waals surface area (Å²) in [5.74, 6) is 0. The third-order valence-corrected chi connectivity index (χ3v) is 2.87. The quantitative estimate of drug-likeness (QED) is 0.905. The largest absolute Gasteiger partial charge is 0.326 e. The second-order valence-corrected chi connectivity index (χ2v) is 4.08. The second kappa shape index (κ2) is 7.91. The number of nitrogens with two attached hydrogens (primary N) is 1. The molecule has 2 nitrogen and oxygen atoms in total. The maximum atomic E-state index is 5.85. The van der Waals surface area contributed by atoms with Gasteiger partial charge >= 0.3 is 0 Å². The van der Waals surface area contributed by atoms with Crippen molar-refractivity contribution in [2.45, 2.75) is 18.9 Å². The minimum absolute atomic E-state index is 0. The lowest BCUT2D eigenvalue weighted by molar-refractivity contribution is 0.339. The van der Waals surface area contributed by atoms with E-state index in [1.54, 1.807) is 0 Å². The standard InChI is InChI=1S/C12H18N2.2ClH/c13-12-7-9-14(10-12)8-6-11-4-2-1-3-5-11;;/h1-5,12H,6-10,13H2;2*1H. The zero-order valence-corrected chi connectivity index (χ0v) is 11.0. The van der Waals surface area contributed by atoms with Crippen LogP contribution in [0.5, 0.6) is 0 Å². The van der Waals surface area contributed by atoms with E-state index in [1.165, 1.54) is 12.1 Å². The Labute approximate surface area is 110 Å². The van der Waals surface area contributed by atoms with E-state index in [-0.39, 0.29) is 24.8 Å². The van der Waals surface area contributed by atoms with Crippen molar-refractivity contribution in [2.75, 3.05) is 19.6 Å². The van der Waals surface area contributed by atoms with E-state index in [4.69, 9.17) is 5.73 Å². The highest BCUT2D eigenvalue weighted by Gasteiger charge is 2.17. The molecule has 4 heteroatoms. The van der Waals surface area contributed by atoms with E-state index < -0.39 is 0 Å². The number of hydrogen-bond acceptors (Lipinski definition) is 2. The summed E-state index contributed by atoms with van der Waals surface area (Å²) in [6.07, 6.45) is 2.31. The third-order valence-electron chi connectivity index (χ3n) is 2.87. The van der Waals surface area contributed by atoms with Gasteiger partial charge in [0.1, 0.15) is 0 Å². The minimum atomic E-state index is 0. The molecule has 0 saturated carbocycles. The number of halogens is 2. The normalized spacial score (nSPS) is 19.9. The molecule has 0 amide bonds. The maximum absolute atomic E-state index is 5.85. The van der Waals surface area contributed by atoms with Crippen LogP contribution in [0.4, 0.5) is 0 Å². The van der Waals surface area contributed by atoms with Gasteiger partial charge in [0.15, 0.2) is 0 Å². The Morgan fingerprint density at radius 3 is 2.44 bits per heavy atom. The van der Waals surface area contributed by atoms with Gasteiger partial charge in [-0.05, 0) is 24.9 Å². The Morgan fingerprint density at radius 2 is 1.88 bits per heavy atom. The monoisotopic (exact) mass is 262 g/mol. The van der Waals surface area contributed by atoms with Crippen LogP contribution in [0, 0.1) is 0 Å². The molecule has 1 aromatic carbocycles. The molecule has 92 valence electrons. The molecule has 1 fully saturated rings. The van der Waals surface area contributed by atoms with Crippen LogP contribution in [0.15, 0.2) is 30.3 Å². The third kappa shape index (κ3) is 4.71. The fourth-order valence-electron chi connectivity index (χ4n) is 2.00. The van der Waals surface area contributed by atoms with Crippen molar-refractivity contribution in [3.8, 4) is 0 Å². The first-order valence-corrected chi connectivity index (χ1v) is 5.36. The second-order valence-electron chi connectivity index (χ2n) is 4.08. The lowest BCUT2D eigenvalue weighted by Gasteiger charge is -2.14. The Bertz CT molecular complexity index is 280. The average molecular weight is 263 g/mol. The predicted octanol–water partition coefficient (Wildman–Crippen LogP) is 2.11. The first-order valence-electron chi connectivity index (χ1n) is 5.36. The summed E-state index contributed by atoms with van der Waals surface area (Å²) in [4.78, 5) is 2.46. The van der Waals surface area contributed by atoms with Crippen LogP contribution in [-0.4, -0.2) is 30.6 Å². The molecule has 1 aliphatic rings. The molecule has 0 spiro atoms. The highest BCUT2D eigenvalue weighted by molar-refractivity contribution is 5.85. The Hall–Kier alpha value is -0.280. The average Bonchev–Trinajstić information content (AvgIpc) is 2.63. The number of likely N-dealkylation sites (tertiary alicyclic amines) is 1. The number of benzene rings is 1. The van der Waals surface area contributed by atoms with Gasteiger partial charge in [-0.15, -0.1) is 24.8 Å². The zero-order valence-electron chi connectivity index (χ0n) is 9.34. The minimum Gasteiger partial charge on any atom is -0.326 e. The summed E-state index contributed by atoms with van der Waals surface area (Å²) in [7, 11) is 0. The molecule has 1 heterocycles. The Balaban J connectivity index is 0.00000112. The fourth-order valence-corrected chi connectivity index (χ4v) is 2.00. The topological polar surface area (TPSA) is 29.3 Å². The molecule has 16 heavy (non-hydrogen) atoms. The fraction of sp³-hybridized carbons (Fsp3) is 0.500. The van der Waals surface area contributed by atoms with Gasteiger partial charge in [0.2, 0.25) is 0 Å². The first-order chi connectivity index (χ1) is 6.84. The molecule has 1 atom stereocenters. The van der Waals surface area contributed by atoms with E-state index >= 15 is 0 Å². The van der Waals surface area contributed by atoms with Crippen LogP contribution in [-0.2, 0) is 6.42 Å². The summed E-state index contributed by atoms with van der Waals surface area (Å²) in [6, 6.07) is 11.1. The zero-order chi connectivity index (χ0) is 9.80. The van der Waals surface area contributed by atoms with E-state index in [2.05, 4.69) is 35.2 Å². The van der Waals surface area contributed by atoms with Crippen LogP contribution in [0.2, 0.25) is 0 Å². The molecule has 1 saturated heterocycles. The first kappa shape index (κ1) is 15.7. The van der Waals surface area contributed by atoms with Crippen LogP contribution in [0.1, 0.15) is 12.0 Å². The molecular formula is C12H20Cl2N2. The Morgan fingerprint density at radius 1 is 1.19 bits per heavy atom. The summed E-state index contributed by atoms with van der Waals surface area (Å²) < 4.78 is 0.